The van der Waals surface area contributed by atoms with Gasteiger partial charge in [0, 0.05) is 20.8 Å². The molecule has 17 heavy (non-hydrogen) atoms. The zero-order valence-corrected chi connectivity index (χ0v) is 11.4. The van der Waals surface area contributed by atoms with E-state index in [9.17, 15) is 4.39 Å². The lowest BCUT2D eigenvalue weighted by Crippen LogP contribution is -1.93. The molecule has 0 aliphatic carbocycles. The van der Waals surface area contributed by atoms with E-state index in [-0.39, 0.29) is 5.82 Å². The SMILES string of the molecule is Nc1ccc(F)cc1CSc1cccc(Br)c1. The van der Waals surface area contributed by atoms with Crippen LogP contribution in [0.3, 0.4) is 0 Å². The van der Waals surface area contributed by atoms with E-state index >= 15 is 0 Å². The molecule has 2 aromatic rings. The van der Waals surface area contributed by atoms with Gasteiger partial charge in [0.05, 0.1) is 0 Å². The molecule has 1 nitrogen and oxygen atoms in total. The van der Waals surface area contributed by atoms with E-state index in [0.29, 0.717) is 11.4 Å². The molecule has 0 bridgehead atoms. The van der Waals surface area contributed by atoms with Crippen molar-refractivity contribution in [2.45, 2.75) is 10.6 Å². The first kappa shape index (κ1) is 12.5. The number of anilines is 1. The van der Waals surface area contributed by atoms with Gasteiger partial charge < -0.3 is 5.73 Å². The van der Waals surface area contributed by atoms with E-state index in [1.165, 1.54) is 12.1 Å². The molecule has 0 aliphatic heterocycles. The molecule has 0 amide bonds. The number of nitrogen functional groups attached to an aromatic ring is 1. The molecule has 0 spiro atoms. The molecule has 0 fully saturated rings. The van der Waals surface area contributed by atoms with Crippen molar-refractivity contribution in [1.82, 2.24) is 0 Å². The predicted octanol–water partition coefficient (Wildman–Crippen LogP) is 4.46. The molecule has 2 N–H and O–H groups in total. The van der Waals surface area contributed by atoms with Crippen LogP contribution in [0.4, 0.5) is 10.1 Å². The standard InChI is InChI=1S/C13H11BrFNS/c14-10-2-1-3-12(7-10)17-8-9-6-11(15)4-5-13(9)16/h1-7H,8,16H2. The van der Waals surface area contributed by atoms with Gasteiger partial charge in [0.2, 0.25) is 0 Å². The molecule has 0 unspecified atom stereocenters. The Morgan fingerprint density at radius 2 is 2.00 bits per heavy atom. The fourth-order valence-corrected chi connectivity index (χ4v) is 2.93. The molecular formula is C13H11BrFNS. The van der Waals surface area contributed by atoms with Crippen LogP contribution < -0.4 is 5.73 Å². The Labute approximate surface area is 112 Å². The van der Waals surface area contributed by atoms with Crippen molar-refractivity contribution >= 4 is 33.4 Å². The van der Waals surface area contributed by atoms with Gasteiger partial charge in [-0.1, -0.05) is 22.0 Å². The molecule has 2 rings (SSSR count). The van der Waals surface area contributed by atoms with Gasteiger partial charge >= 0.3 is 0 Å². The van der Waals surface area contributed by atoms with Crippen LogP contribution >= 0.6 is 27.7 Å². The number of nitrogens with two attached hydrogens (primary N) is 1. The second-order valence-corrected chi connectivity index (χ2v) is 5.55. The fraction of sp³-hybridized carbons (Fsp3) is 0.0769. The minimum atomic E-state index is -0.246. The third kappa shape index (κ3) is 3.48. The van der Waals surface area contributed by atoms with E-state index in [1.54, 1.807) is 17.8 Å². The van der Waals surface area contributed by atoms with Crippen molar-refractivity contribution in [1.29, 1.82) is 0 Å². The van der Waals surface area contributed by atoms with Crippen molar-refractivity contribution in [2.75, 3.05) is 5.73 Å². The number of rotatable bonds is 3. The Hall–Kier alpha value is -1.00. The lowest BCUT2D eigenvalue weighted by Gasteiger charge is -2.06. The maximum atomic E-state index is 13.1. The highest BCUT2D eigenvalue weighted by Crippen LogP contribution is 2.27. The van der Waals surface area contributed by atoms with Gasteiger partial charge in [-0.25, -0.2) is 4.39 Å². The highest BCUT2D eigenvalue weighted by atomic mass is 79.9. The highest BCUT2D eigenvalue weighted by molar-refractivity contribution is 9.10. The lowest BCUT2D eigenvalue weighted by molar-refractivity contribution is 0.627. The second-order valence-electron chi connectivity index (χ2n) is 3.59. The van der Waals surface area contributed by atoms with Gasteiger partial charge in [-0.15, -0.1) is 11.8 Å². The van der Waals surface area contributed by atoms with Gasteiger partial charge in [-0.05, 0) is 42.0 Å². The van der Waals surface area contributed by atoms with E-state index in [2.05, 4.69) is 15.9 Å². The molecular weight excluding hydrogens is 301 g/mol. The molecule has 0 aromatic heterocycles. The zero-order valence-electron chi connectivity index (χ0n) is 8.99. The van der Waals surface area contributed by atoms with E-state index in [4.69, 9.17) is 5.73 Å². The Kier molecular flexibility index (Phi) is 4.07. The van der Waals surface area contributed by atoms with Crippen molar-refractivity contribution in [2.24, 2.45) is 0 Å². The molecule has 0 heterocycles. The summed E-state index contributed by atoms with van der Waals surface area (Å²) in [5.41, 5.74) is 7.26. The van der Waals surface area contributed by atoms with Gasteiger partial charge in [0.25, 0.3) is 0 Å². The number of thioether (sulfide) groups is 1. The summed E-state index contributed by atoms with van der Waals surface area (Å²) in [6, 6.07) is 12.5. The summed E-state index contributed by atoms with van der Waals surface area (Å²) in [6.45, 7) is 0. The molecule has 4 heteroatoms. The Balaban J connectivity index is 2.09. The third-order valence-corrected chi connectivity index (χ3v) is 3.83. The van der Waals surface area contributed by atoms with E-state index in [0.717, 1.165) is 14.9 Å². The molecule has 0 atom stereocenters. The number of hydrogen-bond acceptors (Lipinski definition) is 2. The summed E-state index contributed by atoms with van der Waals surface area (Å²) in [7, 11) is 0. The molecule has 88 valence electrons. The topological polar surface area (TPSA) is 26.0 Å². The van der Waals surface area contributed by atoms with E-state index in [1.807, 2.05) is 24.3 Å². The average Bonchev–Trinajstić information content (AvgIpc) is 2.30. The van der Waals surface area contributed by atoms with Crippen LogP contribution in [0.5, 0.6) is 0 Å². The molecule has 0 saturated carbocycles. The summed E-state index contributed by atoms with van der Waals surface area (Å²) in [4.78, 5) is 1.13. The van der Waals surface area contributed by atoms with Gasteiger partial charge in [0.15, 0.2) is 0 Å². The zero-order chi connectivity index (χ0) is 12.3. The fourth-order valence-electron chi connectivity index (χ4n) is 1.42. The van der Waals surface area contributed by atoms with Gasteiger partial charge in [-0.2, -0.15) is 0 Å². The van der Waals surface area contributed by atoms with Gasteiger partial charge in [-0.3, -0.25) is 0 Å². The largest absolute Gasteiger partial charge is 0.398 e. The predicted molar refractivity (Wildman–Crippen MR) is 74.5 cm³/mol. The van der Waals surface area contributed by atoms with Crippen LogP contribution in [0.15, 0.2) is 51.8 Å². The summed E-state index contributed by atoms with van der Waals surface area (Å²) in [5, 5.41) is 0. The van der Waals surface area contributed by atoms with Crippen LogP contribution in [0.25, 0.3) is 0 Å². The smallest absolute Gasteiger partial charge is 0.123 e. The Morgan fingerprint density at radius 3 is 2.76 bits per heavy atom. The average molecular weight is 312 g/mol. The number of halogens is 2. The monoisotopic (exact) mass is 311 g/mol. The molecule has 2 aromatic carbocycles. The van der Waals surface area contributed by atoms with Crippen molar-refractivity contribution in [3.05, 3.63) is 58.3 Å². The third-order valence-electron chi connectivity index (χ3n) is 2.30. The normalized spacial score (nSPS) is 10.5. The van der Waals surface area contributed by atoms with Gasteiger partial charge in [0.1, 0.15) is 5.82 Å². The molecule has 0 aliphatic rings. The first-order chi connectivity index (χ1) is 8.15. The van der Waals surface area contributed by atoms with Crippen LogP contribution in [0.2, 0.25) is 0 Å². The molecule has 0 radical (unpaired) electrons. The maximum absolute atomic E-state index is 13.1. The summed E-state index contributed by atoms with van der Waals surface area (Å²) in [6.07, 6.45) is 0. The second kappa shape index (κ2) is 5.56. The van der Waals surface area contributed by atoms with Crippen molar-refractivity contribution in [3.8, 4) is 0 Å². The minimum absolute atomic E-state index is 0.246. The van der Waals surface area contributed by atoms with Crippen LogP contribution in [0, 0.1) is 5.82 Å². The number of benzene rings is 2. The quantitative estimate of drug-likeness (QED) is 0.669. The first-order valence-electron chi connectivity index (χ1n) is 5.07. The Bertz CT molecular complexity index is 531. The maximum Gasteiger partial charge on any atom is 0.123 e. The minimum Gasteiger partial charge on any atom is -0.398 e. The van der Waals surface area contributed by atoms with E-state index < -0.39 is 0 Å². The van der Waals surface area contributed by atoms with Crippen molar-refractivity contribution < 1.29 is 4.39 Å². The summed E-state index contributed by atoms with van der Waals surface area (Å²) in [5.74, 6) is 0.420. The summed E-state index contributed by atoms with van der Waals surface area (Å²) >= 11 is 5.05. The number of hydrogen-bond donors (Lipinski definition) is 1. The van der Waals surface area contributed by atoms with Crippen molar-refractivity contribution in [3.63, 3.8) is 0 Å². The highest BCUT2D eigenvalue weighted by Gasteiger charge is 2.02. The van der Waals surface area contributed by atoms with Crippen LogP contribution in [-0.4, -0.2) is 0 Å². The molecule has 0 saturated heterocycles. The first-order valence-corrected chi connectivity index (χ1v) is 6.85. The van der Waals surface area contributed by atoms with Crippen LogP contribution in [0.1, 0.15) is 5.56 Å². The lowest BCUT2D eigenvalue weighted by atomic mass is 10.2. The van der Waals surface area contributed by atoms with Crippen LogP contribution in [-0.2, 0) is 5.75 Å². The Morgan fingerprint density at radius 1 is 1.18 bits per heavy atom. The summed E-state index contributed by atoms with van der Waals surface area (Å²) < 4.78 is 14.1.